The van der Waals surface area contributed by atoms with Crippen molar-refractivity contribution in [2.75, 3.05) is 18.4 Å². The van der Waals surface area contributed by atoms with Gasteiger partial charge in [0.15, 0.2) is 0 Å². The van der Waals surface area contributed by atoms with Gasteiger partial charge in [-0.15, -0.1) is 0 Å². The zero-order valence-corrected chi connectivity index (χ0v) is 14.4. The maximum Gasteiger partial charge on any atom is 0.230 e. The molecule has 0 bridgehead atoms. The predicted octanol–water partition coefficient (Wildman–Crippen LogP) is 4.61. The standard InChI is InChI=1S/C15H19Cl3N2O/c1-15(2,9-4-3-5-19-8-9)14(21)20-13-11(17)6-10(16)7-12(13)18/h6-7,9,19H,3-5,8H2,1-2H3,(H,20,21). The predicted molar refractivity (Wildman–Crippen MR) is 89.5 cm³/mol. The van der Waals surface area contributed by atoms with Crippen molar-refractivity contribution >= 4 is 46.4 Å². The molecule has 1 heterocycles. The molecule has 1 unspecified atom stereocenters. The number of carbonyl (C=O) groups is 1. The Hall–Kier alpha value is -0.480. The van der Waals surface area contributed by atoms with Crippen molar-refractivity contribution < 1.29 is 4.79 Å². The molecular weight excluding hydrogens is 331 g/mol. The first-order valence-electron chi connectivity index (χ1n) is 6.99. The Balaban J connectivity index is 2.17. The summed E-state index contributed by atoms with van der Waals surface area (Å²) >= 11 is 18.1. The van der Waals surface area contributed by atoms with Gasteiger partial charge in [-0.1, -0.05) is 48.7 Å². The number of halogens is 3. The number of piperidine rings is 1. The summed E-state index contributed by atoms with van der Waals surface area (Å²) in [6, 6.07) is 3.14. The fourth-order valence-electron chi connectivity index (χ4n) is 2.59. The normalized spacial score (nSPS) is 19.4. The monoisotopic (exact) mass is 348 g/mol. The van der Waals surface area contributed by atoms with Crippen molar-refractivity contribution in [3.8, 4) is 0 Å². The molecule has 1 aromatic carbocycles. The third-order valence-corrected chi connectivity index (χ3v) is 4.96. The van der Waals surface area contributed by atoms with Gasteiger partial charge in [-0.05, 0) is 44.0 Å². The average molecular weight is 350 g/mol. The van der Waals surface area contributed by atoms with Crippen LogP contribution in [0.3, 0.4) is 0 Å². The summed E-state index contributed by atoms with van der Waals surface area (Å²) in [6.45, 7) is 5.78. The summed E-state index contributed by atoms with van der Waals surface area (Å²) in [6.07, 6.45) is 2.12. The molecule has 1 saturated heterocycles. The topological polar surface area (TPSA) is 41.1 Å². The van der Waals surface area contributed by atoms with E-state index in [1.807, 2.05) is 13.8 Å². The van der Waals surface area contributed by atoms with Crippen molar-refractivity contribution in [3.05, 3.63) is 27.2 Å². The molecule has 1 aromatic rings. The molecule has 6 heteroatoms. The van der Waals surface area contributed by atoms with Crippen LogP contribution in [0.4, 0.5) is 5.69 Å². The molecule has 2 rings (SSSR count). The Kier molecular flexibility index (Phi) is 5.42. The lowest BCUT2D eigenvalue weighted by molar-refractivity contribution is -0.127. The highest BCUT2D eigenvalue weighted by Crippen LogP contribution is 2.37. The molecule has 0 saturated carbocycles. The maximum atomic E-state index is 12.6. The minimum atomic E-state index is -0.500. The minimum Gasteiger partial charge on any atom is -0.323 e. The molecule has 0 aliphatic carbocycles. The second kappa shape index (κ2) is 6.74. The van der Waals surface area contributed by atoms with Gasteiger partial charge >= 0.3 is 0 Å². The van der Waals surface area contributed by atoms with Crippen molar-refractivity contribution in [1.29, 1.82) is 0 Å². The largest absolute Gasteiger partial charge is 0.323 e. The first-order valence-corrected chi connectivity index (χ1v) is 8.12. The van der Waals surface area contributed by atoms with Crippen LogP contribution in [0.5, 0.6) is 0 Å². The van der Waals surface area contributed by atoms with Gasteiger partial charge in [0.2, 0.25) is 5.91 Å². The molecule has 21 heavy (non-hydrogen) atoms. The molecule has 1 amide bonds. The molecule has 0 aromatic heterocycles. The van der Waals surface area contributed by atoms with E-state index in [0.29, 0.717) is 20.8 Å². The number of anilines is 1. The first kappa shape index (κ1) is 16.9. The fourth-order valence-corrected chi connectivity index (χ4v) is 3.50. The fraction of sp³-hybridized carbons (Fsp3) is 0.533. The quantitative estimate of drug-likeness (QED) is 0.836. The van der Waals surface area contributed by atoms with Gasteiger partial charge in [0.05, 0.1) is 15.7 Å². The molecule has 2 N–H and O–H groups in total. The van der Waals surface area contributed by atoms with Gasteiger partial charge in [-0.2, -0.15) is 0 Å². The second-order valence-corrected chi connectivity index (χ2v) is 7.21. The summed E-state index contributed by atoms with van der Waals surface area (Å²) in [5, 5.41) is 7.33. The van der Waals surface area contributed by atoms with Crippen LogP contribution < -0.4 is 10.6 Å². The van der Waals surface area contributed by atoms with Gasteiger partial charge in [0.1, 0.15) is 0 Å². The molecule has 0 radical (unpaired) electrons. The van der Waals surface area contributed by atoms with Crippen molar-refractivity contribution in [2.24, 2.45) is 11.3 Å². The highest BCUT2D eigenvalue weighted by Gasteiger charge is 2.37. The maximum absolute atomic E-state index is 12.6. The number of amides is 1. The molecular formula is C15H19Cl3N2O. The van der Waals surface area contributed by atoms with Crippen LogP contribution in [0.2, 0.25) is 15.1 Å². The van der Waals surface area contributed by atoms with Crippen molar-refractivity contribution in [3.63, 3.8) is 0 Å². The number of carbonyl (C=O) groups excluding carboxylic acids is 1. The Morgan fingerprint density at radius 1 is 1.29 bits per heavy atom. The third kappa shape index (κ3) is 3.84. The molecule has 1 fully saturated rings. The number of hydrogen-bond donors (Lipinski definition) is 2. The van der Waals surface area contributed by atoms with E-state index in [0.717, 1.165) is 25.9 Å². The summed E-state index contributed by atoms with van der Waals surface area (Å²) in [5.74, 6) is 0.207. The molecule has 1 atom stereocenters. The van der Waals surface area contributed by atoms with Crippen LogP contribution in [0.25, 0.3) is 0 Å². The van der Waals surface area contributed by atoms with Gasteiger partial charge in [-0.3, -0.25) is 4.79 Å². The number of benzene rings is 1. The SMILES string of the molecule is CC(C)(C(=O)Nc1c(Cl)cc(Cl)cc1Cl)C1CCCNC1. The number of rotatable bonds is 3. The third-order valence-electron chi connectivity index (χ3n) is 4.15. The van der Waals surface area contributed by atoms with E-state index in [1.165, 1.54) is 0 Å². The highest BCUT2D eigenvalue weighted by molar-refractivity contribution is 6.42. The van der Waals surface area contributed by atoms with E-state index >= 15 is 0 Å². The van der Waals surface area contributed by atoms with Gasteiger partial charge in [0, 0.05) is 10.4 Å². The van der Waals surface area contributed by atoms with Crippen LogP contribution >= 0.6 is 34.8 Å². The molecule has 116 valence electrons. The second-order valence-electron chi connectivity index (χ2n) is 5.96. The van der Waals surface area contributed by atoms with Crippen LogP contribution in [0.15, 0.2) is 12.1 Å². The van der Waals surface area contributed by atoms with Crippen LogP contribution in [-0.4, -0.2) is 19.0 Å². The number of nitrogens with one attached hydrogen (secondary N) is 2. The van der Waals surface area contributed by atoms with Crippen molar-refractivity contribution in [1.82, 2.24) is 5.32 Å². The Morgan fingerprint density at radius 2 is 1.90 bits per heavy atom. The van der Waals surface area contributed by atoms with E-state index in [-0.39, 0.29) is 11.8 Å². The average Bonchev–Trinajstić information content (AvgIpc) is 2.43. The first-order chi connectivity index (χ1) is 9.82. The summed E-state index contributed by atoms with van der Waals surface area (Å²) in [7, 11) is 0. The van der Waals surface area contributed by atoms with E-state index < -0.39 is 5.41 Å². The summed E-state index contributed by atoms with van der Waals surface area (Å²) < 4.78 is 0. The van der Waals surface area contributed by atoms with E-state index in [4.69, 9.17) is 34.8 Å². The Morgan fingerprint density at radius 3 is 2.43 bits per heavy atom. The Labute approximate surface area is 140 Å². The van der Waals surface area contributed by atoms with E-state index in [9.17, 15) is 4.79 Å². The van der Waals surface area contributed by atoms with Gasteiger partial charge in [0.25, 0.3) is 0 Å². The van der Waals surface area contributed by atoms with Crippen LogP contribution in [0.1, 0.15) is 26.7 Å². The molecule has 1 aliphatic heterocycles. The van der Waals surface area contributed by atoms with E-state index in [1.54, 1.807) is 12.1 Å². The molecule has 3 nitrogen and oxygen atoms in total. The van der Waals surface area contributed by atoms with E-state index in [2.05, 4.69) is 10.6 Å². The zero-order valence-electron chi connectivity index (χ0n) is 12.1. The number of hydrogen-bond acceptors (Lipinski definition) is 2. The van der Waals surface area contributed by atoms with Crippen molar-refractivity contribution in [2.45, 2.75) is 26.7 Å². The molecule has 0 spiro atoms. The lowest BCUT2D eigenvalue weighted by atomic mass is 9.74. The minimum absolute atomic E-state index is 0.0812. The Bertz CT molecular complexity index is 517. The zero-order chi connectivity index (χ0) is 15.6. The smallest absolute Gasteiger partial charge is 0.230 e. The highest BCUT2D eigenvalue weighted by atomic mass is 35.5. The lowest BCUT2D eigenvalue weighted by Gasteiger charge is -2.36. The summed E-state index contributed by atoms with van der Waals surface area (Å²) in [4.78, 5) is 12.6. The van der Waals surface area contributed by atoms with Gasteiger partial charge in [-0.25, -0.2) is 0 Å². The van der Waals surface area contributed by atoms with Crippen LogP contribution in [-0.2, 0) is 4.79 Å². The van der Waals surface area contributed by atoms with Crippen LogP contribution in [0, 0.1) is 11.3 Å². The lowest BCUT2D eigenvalue weighted by Crippen LogP contribution is -2.44. The summed E-state index contributed by atoms with van der Waals surface area (Å²) in [5.41, 5.74) is -0.0794. The molecule has 1 aliphatic rings. The van der Waals surface area contributed by atoms with Gasteiger partial charge < -0.3 is 10.6 Å².